The summed E-state index contributed by atoms with van der Waals surface area (Å²) in [5.41, 5.74) is 0. The van der Waals surface area contributed by atoms with E-state index in [0.717, 1.165) is 0 Å². The Balaban J connectivity index is 2.01. The lowest BCUT2D eigenvalue weighted by Crippen LogP contribution is -2.39. The van der Waals surface area contributed by atoms with Gasteiger partial charge in [-0.05, 0) is 11.4 Å². The molecule has 1 aliphatic heterocycles. The molecule has 1 saturated heterocycles. The van der Waals surface area contributed by atoms with E-state index in [0.29, 0.717) is 4.88 Å². The fourth-order valence-corrected chi connectivity index (χ4v) is 1.93. The monoisotopic (exact) mass is 224 g/mol. The van der Waals surface area contributed by atoms with E-state index in [1.807, 2.05) is 0 Å². The van der Waals surface area contributed by atoms with Gasteiger partial charge in [-0.25, -0.2) is 0 Å². The lowest BCUT2D eigenvalue weighted by Gasteiger charge is -2.07. The smallest absolute Gasteiger partial charge is 0.262 e. The van der Waals surface area contributed by atoms with E-state index in [-0.39, 0.29) is 18.2 Å². The highest BCUT2D eigenvalue weighted by Crippen LogP contribution is 2.09. The Labute approximate surface area is 89.5 Å². The molecule has 15 heavy (non-hydrogen) atoms. The highest BCUT2D eigenvalue weighted by molar-refractivity contribution is 7.12. The molecular formula is C9H8N2O3S. The topological polar surface area (TPSA) is 75.3 Å². The molecule has 3 amide bonds. The largest absolute Gasteiger partial charge is 0.339 e. The third kappa shape index (κ3) is 2.04. The van der Waals surface area contributed by atoms with Crippen LogP contribution in [0.15, 0.2) is 17.5 Å². The Hall–Kier alpha value is -1.69. The molecule has 0 spiro atoms. The lowest BCUT2D eigenvalue weighted by atomic mass is 10.2. The molecule has 0 radical (unpaired) electrons. The summed E-state index contributed by atoms with van der Waals surface area (Å²) >= 11 is 1.29. The predicted octanol–water partition coefficient (Wildman–Crippen LogP) is -0.107. The number of carbonyl (C=O) groups excluding carboxylic acids is 3. The number of carbonyl (C=O) groups is 3. The molecule has 2 heterocycles. The molecule has 1 unspecified atom stereocenters. The van der Waals surface area contributed by atoms with Crippen LogP contribution in [0.4, 0.5) is 0 Å². The Bertz CT molecular complexity index is 413. The first-order valence-corrected chi connectivity index (χ1v) is 5.23. The summed E-state index contributed by atoms with van der Waals surface area (Å²) in [7, 11) is 0. The molecule has 1 atom stereocenters. The summed E-state index contributed by atoms with van der Waals surface area (Å²) in [6, 6.07) is 2.68. The van der Waals surface area contributed by atoms with Crippen molar-refractivity contribution < 1.29 is 14.4 Å². The summed E-state index contributed by atoms with van der Waals surface area (Å²) < 4.78 is 0. The van der Waals surface area contributed by atoms with Crippen molar-refractivity contribution in [3.05, 3.63) is 22.4 Å². The highest BCUT2D eigenvalue weighted by Gasteiger charge is 2.31. The lowest BCUT2D eigenvalue weighted by molar-refractivity contribution is -0.125. The maximum atomic E-state index is 11.5. The average Bonchev–Trinajstić information content (AvgIpc) is 2.76. The van der Waals surface area contributed by atoms with Gasteiger partial charge in [0.25, 0.3) is 5.91 Å². The molecule has 5 nitrogen and oxygen atoms in total. The molecular weight excluding hydrogens is 216 g/mol. The number of amides is 3. The zero-order valence-corrected chi connectivity index (χ0v) is 8.47. The molecule has 2 N–H and O–H groups in total. The van der Waals surface area contributed by atoms with Crippen LogP contribution in [0.5, 0.6) is 0 Å². The molecule has 1 aliphatic rings. The number of imide groups is 1. The quantitative estimate of drug-likeness (QED) is 0.688. The van der Waals surface area contributed by atoms with Crippen molar-refractivity contribution in [3.8, 4) is 0 Å². The first kappa shape index (κ1) is 9.85. The summed E-state index contributed by atoms with van der Waals surface area (Å²) in [4.78, 5) is 34.0. The maximum Gasteiger partial charge on any atom is 0.262 e. The zero-order chi connectivity index (χ0) is 10.8. The van der Waals surface area contributed by atoms with E-state index in [1.54, 1.807) is 17.5 Å². The fourth-order valence-electron chi connectivity index (χ4n) is 1.31. The van der Waals surface area contributed by atoms with Gasteiger partial charge in [-0.2, -0.15) is 0 Å². The Morgan fingerprint density at radius 3 is 2.87 bits per heavy atom. The van der Waals surface area contributed by atoms with Crippen LogP contribution in [0.25, 0.3) is 0 Å². The van der Waals surface area contributed by atoms with Gasteiger partial charge in [0.15, 0.2) is 0 Å². The second-order valence-electron chi connectivity index (χ2n) is 3.12. The number of hydrogen-bond acceptors (Lipinski definition) is 4. The van der Waals surface area contributed by atoms with Crippen LogP contribution in [0.3, 0.4) is 0 Å². The van der Waals surface area contributed by atoms with Crippen LogP contribution in [0, 0.1) is 0 Å². The van der Waals surface area contributed by atoms with Gasteiger partial charge < -0.3 is 5.32 Å². The summed E-state index contributed by atoms with van der Waals surface area (Å²) in [5.74, 6) is -1.11. The molecule has 0 aliphatic carbocycles. The number of hydrogen-bond donors (Lipinski definition) is 2. The van der Waals surface area contributed by atoms with Gasteiger partial charge in [-0.3, -0.25) is 19.7 Å². The standard InChI is InChI=1S/C9H8N2O3S/c12-7-4-5(8(13)11-7)10-9(14)6-2-1-3-15-6/h1-3,5H,4H2,(H,10,14)(H,11,12,13). The molecule has 6 heteroatoms. The minimum Gasteiger partial charge on any atom is -0.339 e. The van der Waals surface area contributed by atoms with Gasteiger partial charge >= 0.3 is 0 Å². The minimum absolute atomic E-state index is 0.0238. The van der Waals surface area contributed by atoms with E-state index in [2.05, 4.69) is 10.6 Å². The van der Waals surface area contributed by atoms with Crippen molar-refractivity contribution in [2.75, 3.05) is 0 Å². The average molecular weight is 224 g/mol. The second kappa shape index (κ2) is 3.82. The van der Waals surface area contributed by atoms with Crippen LogP contribution < -0.4 is 10.6 Å². The molecule has 1 aromatic rings. The van der Waals surface area contributed by atoms with Crippen molar-refractivity contribution >= 4 is 29.1 Å². The van der Waals surface area contributed by atoms with Gasteiger partial charge in [-0.15, -0.1) is 11.3 Å². The maximum absolute atomic E-state index is 11.5. The van der Waals surface area contributed by atoms with Gasteiger partial charge in [-0.1, -0.05) is 6.07 Å². The van der Waals surface area contributed by atoms with Gasteiger partial charge in [0.2, 0.25) is 11.8 Å². The fraction of sp³-hybridized carbons (Fsp3) is 0.222. The highest BCUT2D eigenvalue weighted by atomic mass is 32.1. The van der Waals surface area contributed by atoms with Crippen molar-refractivity contribution in [2.24, 2.45) is 0 Å². The Morgan fingerprint density at radius 2 is 2.33 bits per heavy atom. The molecule has 0 bridgehead atoms. The molecule has 1 aromatic heterocycles. The van der Waals surface area contributed by atoms with E-state index in [9.17, 15) is 14.4 Å². The molecule has 78 valence electrons. The van der Waals surface area contributed by atoms with Crippen molar-refractivity contribution in [1.82, 2.24) is 10.6 Å². The zero-order valence-electron chi connectivity index (χ0n) is 7.65. The van der Waals surface area contributed by atoms with Crippen molar-refractivity contribution in [3.63, 3.8) is 0 Å². The number of nitrogens with one attached hydrogen (secondary N) is 2. The van der Waals surface area contributed by atoms with E-state index >= 15 is 0 Å². The van der Waals surface area contributed by atoms with Gasteiger partial charge in [0.05, 0.1) is 11.3 Å². The molecule has 0 saturated carbocycles. The van der Waals surface area contributed by atoms with Crippen molar-refractivity contribution in [2.45, 2.75) is 12.5 Å². The minimum atomic E-state index is -0.730. The number of rotatable bonds is 2. The first-order valence-electron chi connectivity index (χ1n) is 4.35. The summed E-state index contributed by atoms with van der Waals surface area (Å²) in [6.07, 6.45) is 0.0238. The summed E-state index contributed by atoms with van der Waals surface area (Å²) in [6.45, 7) is 0. The normalized spacial score (nSPS) is 20.1. The third-order valence-corrected chi connectivity index (χ3v) is 2.89. The Morgan fingerprint density at radius 1 is 1.53 bits per heavy atom. The molecule has 1 fully saturated rings. The van der Waals surface area contributed by atoms with E-state index in [4.69, 9.17) is 0 Å². The van der Waals surface area contributed by atoms with Crippen LogP contribution in [0.1, 0.15) is 16.1 Å². The molecule has 0 aromatic carbocycles. The summed E-state index contributed by atoms with van der Waals surface area (Å²) in [5, 5.41) is 6.40. The van der Waals surface area contributed by atoms with Gasteiger partial charge in [0.1, 0.15) is 6.04 Å². The van der Waals surface area contributed by atoms with Crippen LogP contribution in [-0.4, -0.2) is 23.8 Å². The Kier molecular flexibility index (Phi) is 2.51. The SMILES string of the molecule is O=C1CC(NC(=O)c2cccs2)C(=O)N1. The number of thiophene rings is 1. The third-order valence-electron chi connectivity index (χ3n) is 2.02. The predicted molar refractivity (Wildman–Crippen MR) is 53.3 cm³/mol. The molecule has 2 rings (SSSR count). The van der Waals surface area contributed by atoms with E-state index in [1.165, 1.54) is 11.3 Å². The van der Waals surface area contributed by atoms with Crippen LogP contribution in [0.2, 0.25) is 0 Å². The van der Waals surface area contributed by atoms with Gasteiger partial charge in [0, 0.05) is 0 Å². The second-order valence-corrected chi connectivity index (χ2v) is 4.07. The van der Waals surface area contributed by atoms with Crippen molar-refractivity contribution in [1.29, 1.82) is 0 Å². The van der Waals surface area contributed by atoms with E-state index < -0.39 is 11.9 Å². The van der Waals surface area contributed by atoms with Crippen LogP contribution in [-0.2, 0) is 9.59 Å². The van der Waals surface area contributed by atoms with Crippen LogP contribution >= 0.6 is 11.3 Å². The first-order chi connectivity index (χ1) is 7.16.